The molecule has 2 rings (SSSR count). The van der Waals surface area contributed by atoms with E-state index in [4.69, 9.17) is 9.73 Å². The highest BCUT2D eigenvalue weighted by atomic mass is 127. The molecule has 0 bridgehead atoms. The van der Waals surface area contributed by atoms with Gasteiger partial charge in [-0.25, -0.2) is 4.99 Å². The van der Waals surface area contributed by atoms with Crippen LogP contribution in [0.15, 0.2) is 29.3 Å². The van der Waals surface area contributed by atoms with Gasteiger partial charge in [-0.1, -0.05) is 37.6 Å². The highest BCUT2D eigenvalue weighted by molar-refractivity contribution is 14.0. The smallest absolute Gasteiger partial charge is 0.222 e. The normalized spacial score (nSPS) is 14.8. The Morgan fingerprint density at radius 1 is 1.13 bits per heavy atom. The largest absolute Gasteiger partial charge is 0.377 e. The molecule has 0 spiro atoms. The van der Waals surface area contributed by atoms with Gasteiger partial charge in [0.2, 0.25) is 5.91 Å². The van der Waals surface area contributed by atoms with Crippen molar-refractivity contribution in [3.63, 3.8) is 0 Å². The van der Waals surface area contributed by atoms with E-state index in [0.29, 0.717) is 25.5 Å². The first-order valence-corrected chi connectivity index (χ1v) is 11.2. The topological polar surface area (TPSA) is 66.0 Å². The van der Waals surface area contributed by atoms with E-state index < -0.39 is 0 Å². The first-order chi connectivity index (χ1) is 14.2. The highest BCUT2D eigenvalue weighted by Gasteiger charge is 2.15. The molecule has 170 valence electrons. The molecule has 1 aromatic carbocycles. The summed E-state index contributed by atoms with van der Waals surface area (Å²) in [4.78, 5) is 18.9. The van der Waals surface area contributed by atoms with E-state index in [2.05, 4.69) is 36.6 Å². The van der Waals surface area contributed by atoms with Gasteiger partial charge in [0.25, 0.3) is 0 Å². The van der Waals surface area contributed by atoms with Crippen LogP contribution in [0.1, 0.15) is 63.5 Å². The van der Waals surface area contributed by atoms with Gasteiger partial charge < -0.3 is 20.3 Å². The number of ether oxygens (including phenoxy) is 1. The van der Waals surface area contributed by atoms with Gasteiger partial charge in [-0.15, -0.1) is 24.0 Å². The Morgan fingerprint density at radius 2 is 1.93 bits per heavy atom. The Bertz CT molecular complexity index is 639. The molecule has 0 radical (unpaired) electrons. The third-order valence-electron chi connectivity index (χ3n) is 5.04. The van der Waals surface area contributed by atoms with Crippen LogP contribution in [0.5, 0.6) is 0 Å². The van der Waals surface area contributed by atoms with Gasteiger partial charge >= 0.3 is 0 Å². The van der Waals surface area contributed by atoms with Crippen LogP contribution in [0.4, 0.5) is 0 Å². The second kappa shape index (κ2) is 16.4. The number of carbonyl (C=O) groups is 1. The molecule has 1 aliphatic heterocycles. The average molecular weight is 530 g/mol. The molecule has 1 amide bonds. The number of guanidine groups is 1. The Hall–Kier alpha value is -1.35. The van der Waals surface area contributed by atoms with Crippen LogP contribution in [-0.2, 0) is 22.7 Å². The maximum atomic E-state index is 12.1. The third-order valence-corrected chi connectivity index (χ3v) is 5.04. The number of likely N-dealkylation sites (tertiary alicyclic amines) is 1. The van der Waals surface area contributed by atoms with Crippen molar-refractivity contribution >= 4 is 35.8 Å². The van der Waals surface area contributed by atoms with E-state index in [9.17, 15) is 4.79 Å². The van der Waals surface area contributed by atoms with Crippen molar-refractivity contribution in [2.75, 3.05) is 32.8 Å². The zero-order valence-corrected chi connectivity index (χ0v) is 21.0. The van der Waals surface area contributed by atoms with Gasteiger partial charge in [-0.3, -0.25) is 4.79 Å². The van der Waals surface area contributed by atoms with E-state index >= 15 is 0 Å². The lowest BCUT2D eigenvalue weighted by molar-refractivity contribution is -0.130. The number of aliphatic imine (C=N–C) groups is 1. The number of rotatable bonds is 11. The number of hydrogen-bond donors (Lipinski definition) is 2. The minimum atomic E-state index is 0. The van der Waals surface area contributed by atoms with Crippen molar-refractivity contribution in [2.24, 2.45) is 4.99 Å². The summed E-state index contributed by atoms with van der Waals surface area (Å²) in [6.45, 7) is 9.56. The molecule has 1 fully saturated rings. The van der Waals surface area contributed by atoms with Gasteiger partial charge in [-0.2, -0.15) is 0 Å². The number of hydrogen-bond acceptors (Lipinski definition) is 3. The van der Waals surface area contributed by atoms with Gasteiger partial charge in [0.05, 0.1) is 13.2 Å². The molecular formula is C23H39IN4O2. The number of nitrogens with one attached hydrogen (secondary N) is 2. The Morgan fingerprint density at radius 3 is 2.70 bits per heavy atom. The lowest BCUT2D eigenvalue weighted by atomic mass is 10.1. The lowest BCUT2D eigenvalue weighted by Gasteiger charge is -2.20. The van der Waals surface area contributed by atoms with Crippen molar-refractivity contribution in [3.05, 3.63) is 35.4 Å². The molecule has 0 saturated carbocycles. The summed E-state index contributed by atoms with van der Waals surface area (Å²) in [6, 6.07) is 8.32. The van der Waals surface area contributed by atoms with Crippen LogP contribution in [0, 0.1) is 0 Å². The summed E-state index contributed by atoms with van der Waals surface area (Å²) < 4.78 is 5.71. The van der Waals surface area contributed by atoms with E-state index in [-0.39, 0.29) is 24.0 Å². The Balaban J connectivity index is 0.00000450. The number of nitrogens with zero attached hydrogens (tertiary/aromatic N) is 2. The monoisotopic (exact) mass is 530 g/mol. The lowest BCUT2D eigenvalue weighted by Crippen LogP contribution is -2.39. The zero-order valence-electron chi connectivity index (χ0n) is 18.6. The molecule has 1 aromatic rings. The molecule has 0 atom stereocenters. The molecular weight excluding hydrogens is 491 g/mol. The van der Waals surface area contributed by atoms with E-state index in [1.165, 1.54) is 17.5 Å². The van der Waals surface area contributed by atoms with Gasteiger partial charge in [0, 0.05) is 39.2 Å². The molecule has 1 aliphatic rings. The highest BCUT2D eigenvalue weighted by Crippen LogP contribution is 2.12. The first kappa shape index (κ1) is 26.7. The Labute approximate surface area is 199 Å². The number of amides is 1. The zero-order chi connectivity index (χ0) is 20.7. The maximum absolute atomic E-state index is 12.1. The summed E-state index contributed by atoms with van der Waals surface area (Å²) in [7, 11) is 0. The van der Waals surface area contributed by atoms with Gasteiger partial charge in [-0.05, 0) is 43.7 Å². The molecule has 0 unspecified atom stereocenters. The summed E-state index contributed by atoms with van der Waals surface area (Å²) in [6.07, 6.45) is 6.00. The minimum absolute atomic E-state index is 0. The quantitative estimate of drug-likeness (QED) is 0.196. The fourth-order valence-electron chi connectivity index (χ4n) is 3.44. The standard InChI is InChI=1S/C23H38N4O2.HI/c1-3-17-29-19-21-12-8-7-11-20(21)18-26-23(24-4-2)25-14-10-16-27-15-9-5-6-13-22(27)28;/h7-8,11-12H,3-6,9-10,13-19H2,1-2H3,(H2,24,25,26);1H. The van der Waals surface area contributed by atoms with Crippen molar-refractivity contribution in [2.45, 2.75) is 65.5 Å². The second-order valence-corrected chi connectivity index (χ2v) is 7.49. The summed E-state index contributed by atoms with van der Waals surface area (Å²) in [5.41, 5.74) is 2.39. The second-order valence-electron chi connectivity index (χ2n) is 7.49. The van der Waals surface area contributed by atoms with Gasteiger partial charge in [0.1, 0.15) is 0 Å². The number of carbonyl (C=O) groups excluding carboxylic acids is 1. The number of halogens is 1. The van der Waals surface area contributed by atoms with E-state index in [0.717, 1.165) is 64.4 Å². The predicted molar refractivity (Wildman–Crippen MR) is 134 cm³/mol. The van der Waals surface area contributed by atoms with Crippen molar-refractivity contribution in [1.29, 1.82) is 0 Å². The minimum Gasteiger partial charge on any atom is -0.377 e. The molecule has 0 aliphatic carbocycles. The molecule has 6 nitrogen and oxygen atoms in total. The summed E-state index contributed by atoms with van der Waals surface area (Å²) in [5.74, 6) is 1.13. The SMILES string of the molecule is CCCOCc1ccccc1CN=C(NCC)NCCCN1CCCCCC1=O.I. The molecule has 7 heteroatoms. The molecule has 2 N–H and O–H groups in total. The molecule has 0 aromatic heterocycles. The number of benzene rings is 1. The van der Waals surface area contributed by atoms with Crippen LogP contribution in [0.25, 0.3) is 0 Å². The average Bonchev–Trinajstić information content (AvgIpc) is 2.94. The van der Waals surface area contributed by atoms with Crippen LogP contribution >= 0.6 is 24.0 Å². The van der Waals surface area contributed by atoms with Crippen molar-refractivity contribution < 1.29 is 9.53 Å². The van der Waals surface area contributed by atoms with E-state index in [1.807, 2.05) is 17.0 Å². The third kappa shape index (κ3) is 10.1. The fourth-order valence-corrected chi connectivity index (χ4v) is 3.44. The summed E-state index contributed by atoms with van der Waals surface area (Å²) in [5, 5.41) is 6.71. The maximum Gasteiger partial charge on any atom is 0.222 e. The molecule has 30 heavy (non-hydrogen) atoms. The molecule has 1 heterocycles. The van der Waals surface area contributed by atoms with Crippen LogP contribution < -0.4 is 10.6 Å². The van der Waals surface area contributed by atoms with Crippen LogP contribution in [0.3, 0.4) is 0 Å². The van der Waals surface area contributed by atoms with Crippen molar-refractivity contribution in [3.8, 4) is 0 Å². The van der Waals surface area contributed by atoms with Crippen molar-refractivity contribution in [1.82, 2.24) is 15.5 Å². The van der Waals surface area contributed by atoms with Gasteiger partial charge in [0.15, 0.2) is 5.96 Å². The fraction of sp³-hybridized carbons (Fsp3) is 0.652. The van der Waals surface area contributed by atoms with Crippen LogP contribution in [0.2, 0.25) is 0 Å². The van der Waals surface area contributed by atoms with E-state index in [1.54, 1.807) is 0 Å². The Kier molecular flexibility index (Phi) is 14.5. The summed E-state index contributed by atoms with van der Waals surface area (Å²) >= 11 is 0. The first-order valence-electron chi connectivity index (χ1n) is 11.2. The predicted octanol–water partition coefficient (Wildman–Crippen LogP) is 4.08. The molecule has 1 saturated heterocycles. The van der Waals surface area contributed by atoms with Crippen LogP contribution in [-0.4, -0.2) is 49.6 Å².